The summed E-state index contributed by atoms with van der Waals surface area (Å²) in [6.45, 7) is 10.0. The Bertz CT molecular complexity index is 675. The number of allylic oxidation sites excluding steroid dienone is 4. The van der Waals surface area contributed by atoms with Crippen LogP contribution in [-0.2, 0) is 14.4 Å². The molecule has 0 saturated heterocycles. The van der Waals surface area contributed by atoms with Crippen molar-refractivity contribution < 1.29 is 14.4 Å². The van der Waals surface area contributed by atoms with E-state index in [0.29, 0.717) is 30.4 Å². The van der Waals surface area contributed by atoms with Gasteiger partial charge in [0.25, 0.3) is 0 Å². The molecule has 3 nitrogen and oxygen atoms in total. The van der Waals surface area contributed by atoms with Crippen LogP contribution in [0.25, 0.3) is 0 Å². The van der Waals surface area contributed by atoms with Crippen molar-refractivity contribution in [3.8, 4) is 0 Å². The molecule has 0 N–H and O–H groups in total. The maximum absolute atomic E-state index is 12.9. The molecular weight excluding hydrogens is 288 g/mol. The minimum absolute atomic E-state index is 0.000601. The van der Waals surface area contributed by atoms with Gasteiger partial charge < -0.3 is 0 Å². The lowest BCUT2D eigenvalue weighted by Gasteiger charge is -2.54. The molecule has 23 heavy (non-hydrogen) atoms. The summed E-state index contributed by atoms with van der Waals surface area (Å²) < 4.78 is 0. The predicted octanol–water partition coefficient (Wildman–Crippen LogP) is 3.82. The van der Waals surface area contributed by atoms with Crippen molar-refractivity contribution in [1.29, 1.82) is 0 Å². The maximum atomic E-state index is 12.9. The molecule has 2 atom stereocenters. The normalized spacial score (nSPS) is 33.6. The molecule has 124 valence electrons. The Labute approximate surface area is 138 Å². The quantitative estimate of drug-likeness (QED) is 0.691. The number of ketones is 3. The number of carbonyl (C=O) groups is 3. The third kappa shape index (κ3) is 2.12. The van der Waals surface area contributed by atoms with Gasteiger partial charge in [-0.2, -0.15) is 0 Å². The Hall–Kier alpha value is -1.51. The zero-order valence-electron chi connectivity index (χ0n) is 14.8. The van der Waals surface area contributed by atoms with Crippen LogP contribution < -0.4 is 0 Å². The molecule has 0 heterocycles. The molecular formula is C20H26O3. The van der Waals surface area contributed by atoms with Gasteiger partial charge in [0.1, 0.15) is 5.78 Å². The van der Waals surface area contributed by atoms with Crippen LogP contribution in [-0.4, -0.2) is 17.3 Å². The smallest absolute Gasteiger partial charge is 0.185 e. The van der Waals surface area contributed by atoms with E-state index in [9.17, 15) is 14.4 Å². The van der Waals surface area contributed by atoms with E-state index in [1.54, 1.807) is 6.08 Å². The molecule has 0 aromatic heterocycles. The van der Waals surface area contributed by atoms with E-state index in [1.807, 2.05) is 27.7 Å². The second-order valence-electron chi connectivity index (χ2n) is 8.45. The van der Waals surface area contributed by atoms with Crippen molar-refractivity contribution in [3.63, 3.8) is 0 Å². The Morgan fingerprint density at radius 2 is 1.74 bits per heavy atom. The summed E-state index contributed by atoms with van der Waals surface area (Å²) in [6.07, 6.45) is 4.18. The molecule has 3 heteroatoms. The third-order valence-corrected chi connectivity index (χ3v) is 6.48. The summed E-state index contributed by atoms with van der Waals surface area (Å²) in [5, 5.41) is 0. The first kappa shape index (κ1) is 16.4. The summed E-state index contributed by atoms with van der Waals surface area (Å²) in [5.74, 6) is 0.554. The molecule has 3 rings (SSSR count). The van der Waals surface area contributed by atoms with E-state index in [2.05, 4.69) is 6.92 Å². The van der Waals surface area contributed by atoms with Gasteiger partial charge in [-0.15, -0.1) is 0 Å². The number of carbonyl (C=O) groups excluding carboxylic acids is 3. The lowest BCUT2D eigenvalue weighted by Crippen LogP contribution is -2.52. The molecule has 0 aliphatic heterocycles. The van der Waals surface area contributed by atoms with E-state index >= 15 is 0 Å². The first-order chi connectivity index (χ1) is 10.6. The molecule has 0 bridgehead atoms. The number of rotatable bonds is 1. The maximum Gasteiger partial charge on any atom is 0.185 e. The van der Waals surface area contributed by atoms with Crippen LogP contribution in [0.15, 0.2) is 22.8 Å². The second-order valence-corrected chi connectivity index (χ2v) is 8.45. The van der Waals surface area contributed by atoms with Gasteiger partial charge in [-0.25, -0.2) is 0 Å². The number of Topliss-reactive ketones (excluding diaryl/α,β-unsaturated/α-hetero) is 2. The fourth-order valence-corrected chi connectivity index (χ4v) is 5.14. The highest BCUT2D eigenvalue weighted by atomic mass is 16.1. The van der Waals surface area contributed by atoms with Gasteiger partial charge >= 0.3 is 0 Å². The standard InChI is InChI=1S/C20H26O3/c1-11(2)13-10-14(21)17-12(18(13)23)6-7-15-19(3,4)16(22)8-9-20(15,17)5/h10-11,15H,6-9H2,1-5H3/t15?,20-/m0/s1. The molecule has 1 fully saturated rings. The summed E-state index contributed by atoms with van der Waals surface area (Å²) in [5.41, 5.74) is 1.31. The van der Waals surface area contributed by atoms with Crippen LogP contribution in [0.1, 0.15) is 60.3 Å². The van der Waals surface area contributed by atoms with Crippen molar-refractivity contribution in [2.45, 2.75) is 60.3 Å². The average molecular weight is 314 g/mol. The van der Waals surface area contributed by atoms with Crippen molar-refractivity contribution in [2.75, 3.05) is 0 Å². The summed E-state index contributed by atoms with van der Waals surface area (Å²) >= 11 is 0. The molecule has 0 spiro atoms. The Morgan fingerprint density at radius 1 is 1.09 bits per heavy atom. The molecule has 1 saturated carbocycles. The lowest BCUT2D eigenvalue weighted by molar-refractivity contribution is -0.140. The zero-order valence-corrected chi connectivity index (χ0v) is 14.8. The van der Waals surface area contributed by atoms with Gasteiger partial charge in [-0.3, -0.25) is 14.4 Å². The topological polar surface area (TPSA) is 51.2 Å². The Balaban J connectivity index is 2.12. The van der Waals surface area contributed by atoms with E-state index in [0.717, 1.165) is 12.0 Å². The van der Waals surface area contributed by atoms with Crippen LogP contribution in [0.4, 0.5) is 0 Å². The fraction of sp³-hybridized carbons (Fsp3) is 0.650. The van der Waals surface area contributed by atoms with Crippen molar-refractivity contribution in [2.24, 2.45) is 22.7 Å². The monoisotopic (exact) mass is 314 g/mol. The van der Waals surface area contributed by atoms with Gasteiger partial charge in [-0.05, 0) is 37.2 Å². The molecule has 0 radical (unpaired) electrons. The molecule has 3 aliphatic carbocycles. The highest BCUT2D eigenvalue weighted by molar-refractivity contribution is 6.23. The van der Waals surface area contributed by atoms with E-state index < -0.39 is 5.41 Å². The van der Waals surface area contributed by atoms with E-state index in [-0.39, 0.29) is 34.6 Å². The Kier molecular flexibility index (Phi) is 3.55. The van der Waals surface area contributed by atoms with Gasteiger partial charge in [0.05, 0.1) is 0 Å². The number of hydrogen-bond acceptors (Lipinski definition) is 3. The van der Waals surface area contributed by atoms with Gasteiger partial charge in [0.15, 0.2) is 11.6 Å². The first-order valence-corrected chi connectivity index (χ1v) is 8.68. The summed E-state index contributed by atoms with van der Waals surface area (Å²) in [6, 6.07) is 0. The largest absolute Gasteiger partial charge is 0.299 e. The van der Waals surface area contributed by atoms with Crippen molar-refractivity contribution in [3.05, 3.63) is 22.8 Å². The highest BCUT2D eigenvalue weighted by Gasteiger charge is 2.56. The first-order valence-electron chi connectivity index (χ1n) is 8.68. The number of hydrogen-bond donors (Lipinski definition) is 0. The molecule has 0 amide bonds. The molecule has 0 aromatic carbocycles. The van der Waals surface area contributed by atoms with Gasteiger partial charge in [0.2, 0.25) is 0 Å². The van der Waals surface area contributed by atoms with Crippen LogP contribution in [0.2, 0.25) is 0 Å². The van der Waals surface area contributed by atoms with Crippen LogP contribution >= 0.6 is 0 Å². The predicted molar refractivity (Wildman–Crippen MR) is 88.8 cm³/mol. The van der Waals surface area contributed by atoms with Crippen LogP contribution in [0.5, 0.6) is 0 Å². The zero-order chi connectivity index (χ0) is 17.2. The second kappa shape index (κ2) is 4.99. The average Bonchev–Trinajstić information content (AvgIpc) is 2.46. The van der Waals surface area contributed by atoms with E-state index in [4.69, 9.17) is 0 Å². The fourth-order valence-electron chi connectivity index (χ4n) is 5.14. The highest BCUT2D eigenvalue weighted by Crippen LogP contribution is 2.59. The SMILES string of the molecule is CC(C)C1=CC(=O)C2=C(CCC3C(C)(C)C(=O)CC[C@]23C)C1=O. The van der Waals surface area contributed by atoms with Gasteiger partial charge in [-0.1, -0.05) is 34.6 Å². The molecule has 3 aliphatic rings. The van der Waals surface area contributed by atoms with E-state index in [1.165, 1.54) is 0 Å². The minimum atomic E-state index is -0.420. The van der Waals surface area contributed by atoms with Crippen molar-refractivity contribution in [1.82, 2.24) is 0 Å². The third-order valence-electron chi connectivity index (χ3n) is 6.48. The van der Waals surface area contributed by atoms with Crippen LogP contribution in [0.3, 0.4) is 0 Å². The van der Waals surface area contributed by atoms with Crippen molar-refractivity contribution >= 4 is 17.3 Å². The Morgan fingerprint density at radius 3 is 2.35 bits per heavy atom. The summed E-state index contributed by atoms with van der Waals surface area (Å²) in [4.78, 5) is 38.1. The molecule has 1 unspecified atom stereocenters. The lowest BCUT2D eigenvalue weighted by atomic mass is 9.48. The minimum Gasteiger partial charge on any atom is -0.299 e. The molecule has 0 aromatic rings. The van der Waals surface area contributed by atoms with Gasteiger partial charge in [0, 0.05) is 34.0 Å². The number of fused-ring (bicyclic) bond motifs is 2. The summed E-state index contributed by atoms with van der Waals surface area (Å²) in [7, 11) is 0. The van der Waals surface area contributed by atoms with Crippen LogP contribution in [0, 0.1) is 22.7 Å².